The van der Waals surface area contributed by atoms with Crippen molar-refractivity contribution in [3.8, 4) is 6.19 Å². The summed E-state index contributed by atoms with van der Waals surface area (Å²) in [7, 11) is 0. The van der Waals surface area contributed by atoms with Crippen molar-refractivity contribution in [1.29, 1.82) is 5.26 Å². The molecule has 0 aromatic heterocycles. The number of halogens is 1. The molecule has 1 aromatic rings. The fraction of sp³-hybridized carbons (Fsp3) is 0.385. The first-order valence-corrected chi connectivity index (χ1v) is 6.25. The number of nitrogens with zero attached hydrogens (tertiary/aromatic N) is 2. The van der Waals surface area contributed by atoms with Crippen LogP contribution in [0, 0.1) is 16.9 Å². The van der Waals surface area contributed by atoms with E-state index in [4.69, 9.17) is 16.9 Å². The number of rotatable bonds is 0. The number of carbonyl (C=O) groups is 1. The lowest BCUT2D eigenvalue weighted by molar-refractivity contribution is -0.125. The molecule has 2 aliphatic rings. The summed E-state index contributed by atoms with van der Waals surface area (Å²) in [6, 6.07) is 5.56. The van der Waals surface area contributed by atoms with Gasteiger partial charge in [-0.1, -0.05) is 17.7 Å². The maximum atomic E-state index is 12.3. The minimum absolute atomic E-state index is 0.00927. The van der Waals surface area contributed by atoms with Gasteiger partial charge in [0.2, 0.25) is 5.91 Å². The van der Waals surface area contributed by atoms with Crippen LogP contribution in [-0.4, -0.2) is 23.9 Å². The van der Waals surface area contributed by atoms with Crippen molar-refractivity contribution < 1.29 is 4.79 Å². The van der Waals surface area contributed by atoms with Gasteiger partial charge in [0, 0.05) is 23.8 Å². The fourth-order valence-corrected chi connectivity index (χ4v) is 2.98. The molecule has 5 heteroatoms. The summed E-state index contributed by atoms with van der Waals surface area (Å²) < 4.78 is 0. The molecule has 1 amide bonds. The smallest absolute Gasteiger partial charge is 0.232 e. The van der Waals surface area contributed by atoms with E-state index in [0.29, 0.717) is 24.5 Å². The molecular weight excluding hydrogens is 250 g/mol. The molecule has 0 aliphatic carbocycles. The van der Waals surface area contributed by atoms with Crippen LogP contribution in [0.25, 0.3) is 0 Å². The maximum Gasteiger partial charge on any atom is 0.232 e. The van der Waals surface area contributed by atoms with Crippen LogP contribution >= 0.6 is 11.6 Å². The summed E-state index contributed by atoms with van der Waals surface area (Å²) in [6.45, 7) is 1.17. The lowest BCUT2D eigenvalue weighted by Gasteiger charge is -2.33. The van der Waals surface area contributed by atoms with Gasteiger partial charge >= 0.3 is 0 Å². The molecule has 2 heterocycles. The molecular formula is C13H12ClN3O. The Hall–Kier alpha value is -1.73. The molecule has 0 radical (unpaired) electrons. The molecule has 1 spiro atoms. The summed E-state index contributed by atoms with van der Waals surface area (Å²) in [5.41, 5.74) is 1.45. The molecule has 0 saturated carbocycles. The van der Waals surface area contributed by atoms with Crippen molar-refractivity contribution >= 4 is 23.2 Å². The SMILES string of the molecule is N#CN1CCC2(Cc3ccc(Cl)cc3NC2=O)C1. The zero-order valence-corrected chi connectivity index (χ0v) is 10.5. The van der Waals surface area contributed by atoms with Gasteiger partial charge in [-0.15, -0.1) is 0 Å². The van der Waals surface area contributed by atoms with Crippen LogP contribution in [0.1, 0.15) is 12.0 Å². The standard InChI is InChI=1S/C13H12ClN3O/c14-10-2-1-9-6-13(3-4-17(7-13)8-15)12(18)16-11(9)5-10/h1-2,5H,3-4,6-7H2,(H,16,18). The number of nitrogens with one attached hydrogen (secondary N) is 1. The Morgan fingerprint density at radius 3 is 3.06 bits per heavy atom. The van der Waals surface area contributed by atoms with Crippen molar-refractivity contribution in [3.05, 3.63) is 28.8 Å². The molecule has 1 aromatic carbocycles. The van der Waals surface area contributed by atoms with Crippen molar-refractivity contribution in [1.82, 2.24) is 4.90 Å². The van der Waals surface area contributed by atoms with Crippen LogP contribution < -0.4 is 5.32 Å². The highest BCUT2D eigenvalue weighted by atomic mass is 35.5. The van der Waals surface area contributed by atoms with Crippen LogP contribution in [0.4, 0.5) is 5.69 Å². The van der Waals surface area contributed by atoms with E-state index in [9.17, 15) is 4.79 Å². The Kier molecular flexibility index (Phi) is 2.46. The topological polar surface area (TPSA) is 56.1 Å². The maximum absolute atomic E-state index is 12.3. The first-order chi connectivity index (χ1) is 8.63. The van der Waals surface area contributed by atoms with Gasteiger partial charge in [-0.05, 0) is 30.5 Å². The third-order valence-electron chi connectivity index (χ3n) is 3.83. The van der Waals surface area contributed by atoms with Crippen LogP contribution in [0.2, 0.25) is 5.02 Å². The minimum Gasteiger partial charge on any atom is -0.325 e. The lowest BCUT2D eigenvalue weighted by atomic mass is 9.77. The zero-order valence-electron chi connectivity index (χ0n) is 9.74. The second-order valence-corrected chi connectivity index (χ2v) is 5.42. The van der Waals surface area contributed by atoms with E-state index >= 15 is 0 Å². The second-order valence-electron chi connectivity index (χ2n) is 4.98. The van der Waals surface area contributed by atoms with E-state index in [1.807, 2.05) is 12.1 Å². The molecule has 1 unspecified atom stereocenters. The van der Waals surface area contributed by atoms with Crippen LogP contribution in [-0.2, 0) is 11.2 Å². The second kappa shape index (κ2) is 3.89. The van der Waals surface area contributed by atoms with Gasteiger partial charge in [-0.3, -0.25) is 4.79 Å². The molecule has 3 rings (SSSR count). The van der Waals surface area contributed by atoms with Gasteiger partial charge < -0.3 is 10.2 Å². The van der Waals surface area contributed by atoms with Crippen LogP contribution in [0.3, 0.4) is 0 Å². The van der Waals surface area contributed by atoms with Crippen molar-refractivity contribution in [3.63, 3.8) is 0 Å². The lowest BCUT2D eigenvalue weighted by Crippen LogP contribution is -2.43. The van der Waals surface area contributed by atoms with Gasteiger partial charge in [0.1, 0.15) is 0 Å². The highest BCUT2D eigenvalue weighted by molar-refractivity contribution is 6.31. The predicted molar refractivity (Wildman–Crippen MR) is 68.0 cm³/mol. The first kappa shape index (κ1) is 11.4. The number of hydrogen-bond acceptors (Lipinski definition) is 3. The number of amides is 1. The Bertz CT molecular complexity index is 566. The number of nitriles is 1. The molecule has 92 valence electrons. The number of likely N-dealkylation sites (tertiary alicyclic amines) is 1. The van der Waals surface area contributed by atoms with E-state index in [1.165, 1.54) is 0 Å². The molecule has 0 bridgehead atoms. The Morgan fingerprint density at radius 2 is 2.33 bits per heavy atom. The Balaban J connectivity index is 1.96. The zero-order chi connectivity index (χ0) is 12.8. The number of fused-ring (bicyclic) bond motifs is 1. The summed E-state index contributed by atoms with van der Waals surface area (Å²) >= 11 is 5.92. The van der Waals surface area contributed by atoms with Crippen molar-refractivity contribution in [2.24, 2.45) is 5.41 Å². The van der Waals surface area contributed by atoms with E-state index < -0.39 is 5.41 Å². The molecule has 18 heavy (non-hydrogen) atoms. The average Bonchev–Trinajstić information content (AvgIpc) is 2.76. The fourth-order valence-electron chi connectivity index (χ4n) is 2.81. The van der Waals surface area contributed by atoms with Gasteiger partial charge in [0.15, 0.2) is 6.19 Å². The third kappa shape index (κ3) is 1.63. The van der Waals surface area contributed by atoms with E-state index in [1.54, 1.807) is 11.0 Å². The number of carbonyl (C=O) groups excluding carboxylic acids is 1. The highest BCUT2D eigenvalue weighted by Crippen LogP contribution is 2.41. The average molecular weight is 262 g/mol. The van der Waals surface area contributed by atoms with E-state index in [-0.39, 0.29) is 5.91 Å². The largest absolute Gasteiger partial charge is 0.325 e. The van der Waals surface area contributed by atoms with Crippen LogP contribution in [0.5, 0.6) is 0 Å². The number of hydrogen-bond donors (Lipinski definition) is 1. The van der Waals surface area contributed by atoms with Crippen molar-refractivity contribution in [2.75, 3.05) is 18.4 Å². The molecule has 4 nitrogen and oxygen atoms in total. The first-order valence-electron chi connectivity index (χ1n) is 5.88. The van der Waals surface area contributed by atoms with Gasteiger partial charge in [0.05, 0.1) is 5.41 Å². The van der Waals surface area contributed by atoms with Crippen LogP contribution in [0.15, 0.2) is 18.2 Å². The van der Waals surface area contributed by atoms with E-state index in [0.717, 1.165) is 17.7 Å². The minimum atomic E-state index is -0.448. The quantitative estimate of drug-likeness (QED) is 0.727. The molecule has 1 fully saturated rings. The normalized spacial score (nSPS) is 25.8. The molecule has 1 N–H and O–H groups in total. The third-order valence-corrected chi connectivity index (χ3v) is 4.06. The van der Waals surface area contributed by atoms with Gasteiger partial charge in [-0.2, -0.15) is 5.26 Å². The predicted octanol–water partition coefficient (Wildman–Crippen LogP) is 2.01. The summed E-state index contributed by atoms with van der Waals surface area (Å²) in [6.07, 6.45) is 3.54. The number of anilines is 1. The molecule has 1 atom stereocenters. The van der Waals surface area contributed by atoms with Gasteiger partial charge in [-0.25, -0.2) is 0 Å². The Labute approximate surface area is 110 Å². The monoisotopic (exact) mass is 261 g/mol. The Morgan fingerprint density at radius 1 is 1.50 bits per heavy atom. The van der Waals surface area contributed by atoms with E-state index in [2.05, 4.69) is 11.5 Å². The summed E-state index contributed by atoms with van der Waals surface area (Å²) in [5.74, 6) is 0.00927. The molecule has 2 aliphatic heterocycles. The van der Waals surface area contributed by atoms with Gasteiger partial charge in [0.25, 0.3) is 0 Å². The number of benzene rings is 1. The summed E-state index contributed by atoms with van der Waals surface area (Å²) in [4.78, 5) is 13.9. The summed E-state index contributed by atoms with van der Waals surface area (Å²) in [5, 5.41) is 12.5. The van der Waals surface area contributed by atoms with Crippen molar-refractivity contribution in [2.45, 2.75) is 12.8 Å². The highest BCUT2D eigenvalue weighted by Gasteiger charge is 2.47. The molecule has 1 saturated heterocycles.